The lowest BCUT2D eigenvalue weighted by molar-refractivity contribution is 0.0734. The molecule has 150 valence electrons. The fourth-order valence-electron chi connectivity index (χ4n) is 3.87. The maximum atomic E-state index is 13.2. The number of nitrogens with zero attached hydrogens (tertiary/aromatic N) is 4. The molecule has 1 fully saturated rings. The number of amides is 1. The first-order chi connectivity index (χ1) is 14.2. The summed E-state index contributed by atoms with van der Waals surface area (Å²) in [6.07, 6.45) is 3.42. The summed E-state index contributed by atoms with van der Waals surface area (Å²) in [6, 6.07) is 18.2. The molecule has 0 bridgehead atoms. The minimum atomic E-state index is 0.0324. The molecule has 0 aliphatic carbocycles. The van der Waals surface area contributed by atoms with Crippen molar-refractivity contribution in [3.05, 3.63) is 78.4 Å². The second-order valence-corrected chi connectivity index (χ2v) is 7.22. The Bertz CT molecular complexity index is 962. The van der Waals surface area contributed by atoms with E-state index in [1.807, 2.05) is 45.9 Å². The molecule has 0 N–H and O–H groups in total. The van der Waals surface area contributed by atoms with E-state index in [0.717, 1.165) is 30.1 Å². The van der Waals surface area contributed by atoms with Gasteiger partial charge in [0.05, 0.1) is 31.4 Å². The van der Waals surface area contributed by atoms with Crippen molar-refractivity contribution in [3.63, 3.8) is 0 Å². The zero-order chi connectivity index (χ0) is 20.2. The average molecular weight is 390 g/mol. The average Bonchev–Trinajstić information content (AvgIpc) is 3.28. The summed E-state index contributed by atoms with van der Waals surface area (Å²) < 4.78 is 7.44. The number of imidazole rings is 1. The van der Waals surface area contributed by atoms with E-state index in [-0.39, 0.29) is 11.9 Å². The third-order valence-corrected chi connectivity index (χ3v) is 5.58. The van der Waals surface area contributed by atoms with Crippen LogP contribution in [-0.4, -0.2) is 53.6 Å². The van der Waals surface area contributed by atoms with Crippen molar-refractivity contribution in [3.8, 4) is 5.75 Å². The fourth-order valence-corrected chi connectivity index (χ4v) is 3.87. The van der Waals surface area contributed by atoms with Crippen LogP contribution in [-0.2, 0) is 0 Å². The Hall–Kier alpha value is -3.28. The molecule has 4 rings (SSSR count). The summed E-state index contributed by atoms with van der Waals surface area (Å²) in [5.41, 5.74) is 2.86. The van der Waals surface area contributed by atoms with E-state index in [2.05, 4.69) is 35.0 Å². The number of carbonyl (C=O) groups excluding carboxylic acids is 1. The smallest absolute Gasteiger partial charge is 0.272 e. The molecule has 0 radical (unpaired) electrons. The molecule has 6 nitrogen and oxygen atoms in total. The van der Waals surface area contributed by atoms with Crippen LogP contribution in [0.3, 0.4) is 0 Å². The number of methoxy groups -OCH3 is 1. The van der Waals surface area contributed by atoms with E-state index < -0.39 is 0 Å². The van der Waals surface area contributed by atoms with E-state index in [1.54, 1.807) is 19.6 Å². The van der Waals surface area contributed by atoms with E-state index in [4.69, 9.17) is 4.74 Å². The number of ether oxygens (including phenoxy) is 1. The summed E-state index contributed by atoms with van der Waals surface area (Å²) >= 11 is 0. The van der Waals surface area contributed by atoms with Crippen LogP contribution in [0.15, 0.2) is 67.1 Å². The second kappa shape index (κ2) is 8.39. The molecule has 0 unspecified atom stereocenters. The molecule has 1 atom stereocenters. The maximum Gasteiger partial charge on any atom is 0.272 e. The van der Waals surface area contributed by atoms with Crippen LogP contribution in [0.2, 0.25) is 0 Å². The maximum absolute atomic E-state index is 13.2. The van der Waals surface area contributed by atoms with Crippen LogP contribution in [0.25, 0.3) is 0 Å². The highest BCUT2D eigenvalue weighted by atomic mass is 16.5. The van der Waals surface area contributed by atoms with Gasteiger partial charge in [-0.05, 0) is 24.6 Å². The molecule has 0 spiro atoms. The molecular formula is C23H26N4O2. The summed E-state index contributed by atoms with van der Waals surface area (Å²) in [6.45, 7) is 4.97. The third kappa shape index (κ3) is 3.83. The Morgan fingerprint density at radius 3 is 2.41 bits per heavy atom. The minimum Gasteiger partial charge on any atom is -0.495 e. The van der Waals surface area contributed by atoms with Gasteiger partial charge in [-0.3, -0.25) is 4.79 Å². The predicted molar refractivity (Wildman–Crippen MR) is 114 cm³/mol. The van der Waals surface area contributed by atoms with Crippen LogP contribution in [0, 0.1) is 0 Å². The van der Waals surface area contributed by atoms with Crippen molar-refractivity contribution in [2.75, 3.05) is 38.2 Å². The van der Waals surface area contributed by atoms with Gasteiger partial charge >= 0.3 is 0 Å². The molecule has 2 aromatic carbocycles. The zero-order valence-corrected chi connectivity index (χ0v) is 16.9. The first kappa shape index (κ1) is 19.1. The van der Waals surface area contributed by atoms with Gasteiger partial charge in [0.25, 0.3) is 5.91 Å². The Morgan fingerprint density at radius 2 is 1.69 bits per heavy atom. The molecule has 1 aliphatic heterocycles. The van der Waals surface area contributed by atoms with Gasteiger partial charge in [-0.2, -0.15) is 0 Å². The van der Waals surface area contributed by atoms with E-state index in [0.29, 0.717) is 18.8 Å². The highest BCUT2D eigenvalue weighted by molar-refractivity contribution is 5.92. The quantitative estimate of drug-likeness (QED) is 0.669. The van der Waals surface area contributed by atoms with Crippen molar-refractivity contribution in [1.82, 2.24) is 14.5 Å². The number of para-hydroxylation sites is 2. The lowest BCUT2D eigenvalue weighted by atomic mass is 10.1. The highest BCUT2D eigenvalue weighted by Crippen LogP contribution is 2.28. The first-order valence-corrected chi connectivity index (χ1v) is 9.93. The lowest BCUT2D eigenvalue weighted by Crippen LogP contribution is -2.49. The van der Waals surface area contributed by atoms with Gasteiger partial charge < -0.3 is 19.1 Å². The molecule has 1 aliphatic rings. The molecule has 1 amide bonds. The second-order valence-electron chi connectivity index (χ2n) is 7.22. The zero-order valence-electron chi connectivity index (χ0n) is 16.9. The molecule has 6 heteroatoms. The fraction of sp³-hybridized carbons (Fsp3) is 0.304. The predicted octanol–water partition coefficient (Wildman–Crippen LogP) is 3.46. The van der Waals surface area contributed by atoms with E-state index in [1.165, 1.54) is 0 Å². The van der Waals surface area contributed by atoms with E-state index in [9.17, 15) is 4.79 Å². The Kier molecular flexibility index (Phi) is 5.51. The van der Waals surface area contributed by atoms with Crippen LogP contribution >= 0.6 is 0 Å². The monoisotopic (exact) mass is 390 g/mol. The molecule has 1 saturated heterocycles. The normalized spacial score (nSPS) is 15.2. The van der Waals surface area contributed by atoms with Crippen molar-refractivity contribution < 1.29 is 9.53 Å². The number of hydrogen-bond donors (Lipinski definition) is 0. The largest absolute Gasteiger partial charge is 0.495 e. The van der Waals surface area contributed by atoms with Gasteiger partial charge in [0.2, 0.25) is 0 Å². The number of rotatable bonds is 5. The number of benzene rings is 2. The summed E-state index contributed by atoms with van der Waals surface area (Å²) in [7, 11) is 1.69. The van der Waals surface area contributed by atoms with Gasteiger partial charge in [0.1, 0.15) is 11.4 Å². The molecule has 0 saturated carbocycles. The van der Waals surface area contributed by atoms with Crippen molar-refractivity contribution in [1.29, 1.82) is 0 Å². The lowest BCUT2D eigenvalue weighted by Gasteiger charge is -2.36. The Morgan fingerprint density at radius 1 is 1.00 bits per heavy atom. The number of anilines is 1. The topological polar surface area (TPSA) is 50.6 Å². The van der Waals surface area contributed by atoms with Gasteiger partial charge in [0.15, 0.2) is 0 Å². The van der Waals surface area contributed by atoms with Gasteiger partial charge in [-0.15, -0.1) is 0 Å². The molecule has 29 heavy (non-hydrogen) atoms. The van der Waals surface area contributed by atoms with Gasteiger partial charge in [-0.25, -0.2) is 4.98 Å². The van der Waals surface area contributed by atoms with Gasteiger partial charge in [0, 0.05) is 26.2 Å². The number of piperazine rings is 1. The third-order valence-electron chi connectivity index (χ3n) is 5.58. The van der Waals surface area contributed by atoms with E-state index >= 15 is 0 Å². The highest BCUT2D eigenvalue weighted by Gasteiger charge is 2.26. The SMILES string of the molecule is COc1ccccc1N1CCN(C(=O)c2cncn2[C@H](C)c2ccccc2)CC1. The number of carbonyl (C=O) groups is 1. The van der Waals surface area contributed by atoms with Crippen LogP contribution in [0.1, 0.15) is 29.0 Å². The summed E-state index contributed by atoms with van der Waals surface area (Å²) in [5.74, 6) is 0.895. The number of hydrogen-bond acceptors (Lipinski definition) is 4. The molecule has 1 aromatic heterocycles. The molecular weight excluding hydrogens is 364 g/mol. The minimum absolute atomic E-state index is 0.0324. The molecule has 2 heterocycles. The van der Waals surface area contributed by atoms with Crippen LogP contribution in [0.4, 0.5) is 5.69 Å². The Balaban J connectivity index is 1.47. The van der Waals surface area contributed by atoms with Gasteiger partial charge in [-0.1, -0.05) is 42.5 Å². The number of aromatic nitrogens is 2. The Labute approximate surface area is 171 Å². The van der Waals surface area contributed by atoms with Crippen molar-refractivity contribution in [2.24, 2.45) is 0 Å². The van der Waals surface area contributed by atoms with Crippen molar-refractivity contribution >= 4 is 11.6 Å². The van der Waals surface area contributed by atoms with Crippen molar-refractivity contribution in [2.45, 2.75) is 13.0 Å². The molecule has 3 aromatic rings. The van der Waals surface area contributed by atoms with Crippen LogP contribution < -0.4 is 9.64 Å². The summed E-state index contributed by atoms with van der Waals surface area (Å²) in [4.78, 5) is 21.6. The standard InChI is InChI=1S/C23H26N4O2/c1-18(19-8-4-3-5-9-19)27-17-24-16-21(27)23(28)26-14-12-25(13-15-26)20-10-6-7-11-22(20)29-2/h3-11,16-18H,12-15H2,1-2H3/t18-/m1/s1. The summed E-state index contributed by atoms with van der Waals surface area (Å²) in [5, 5.41) is 0. The van der Waals surface area contributed by atoms with Crippen LogP contribution in [0.5, 0.6) is 5.75 Å². The first-order valence-electron chi connectivity index (χ1n) is 9.93.